The lowest BCUT2D eigenvalue weighted by Gasteiger charge is -2.06. The number of carbonyl (C=O) groups excluding carboxylic acids is 1. The van der Waals surface area contributed by atoms with Crippen LogP contribution in [0.2, 0.25) is 0 Å². The van der Waals surface area contributed by atoms with Gasteiger partial charge in [-0.25, -0.2) is 4.98 Å². The first kappa shape index (κ1) is 19.0. The molecule has 3 N–H and O–H groups in total. The second kappa shape index (κ2) is 8.41. The van der Waals surface area contributed by atoms with Crippen molar-refractivity contribution >= 4 is 44.7 Å². The largest absolute Gasteiger partial charge is 0.361 e. The number of nitrogens with zero attached hydrogens (tertiary/aromatic N) is 2. The predicted molar refractivity (Wildman–Crippen MR) is 126 cm³/mol. The number of aromatic amines is 1. The van der Waals surface area contributed by atoms with E-state index in [2.05, 4.69) is 25.6 Å². The molecular formula is C24H19N5OS. The van der Waals surface area contributed by atoms with Gasteiger partial charge in [0.25, 0.3) is 0 Å². The number of amides is 1. The van der Waals surface area contributed by atoms with Crippen molar-refractivity contribution in [3.8, 4) is 11.3 Å². The molecule has 0 aliphatic rings. The molecule has 0 bridgehead atoms. The Kier molecular flexibility index (Phi) is 5.16. The van der Waals surface area contributed by atoms with Gasteiger partial charge in [0.15, 0.2) is 5.13 Å². The molecule has 0 aliphatic heterocycles. The number of hydrogen-bond donors (Lipinski definition) is 3. The molecule has 5 aromatic rings. The molecule has 0 spiro atoms. The highest BCUT2D eigenvalue weighted by atomic mass is 32.1. The first-order valence-corrected chi connectivity index (χ1v) is 10.7. The fourth-order valence-corrected chi connectivity index (χ4v) is 4.14. The van der Waals surface area contributed by atoms with Crippen LogP contribution >= 0.6 is 11.3 Å². The number of H-pyrrole nitrogens is 1. The first-order chi connectivity index (χ1) is 15.2. The zero-order chi connectivity index (χ0) is 21.0. The minimum atomic E-state index is -0.0471. The van der Waals surface area contributed by atoms with E-state index in [4.69, 9.17) is 0 Å². The van der Waals surface area contributed by atoms with E-state index in [1.54, 1.807) is 12.4 Å². The van der Waals surface area contributed by atoms with Crippen LogP contribution in [0.3, 0.4) is 0 Å². The summed E-state index contributed by atoms with van der Waals surface area (Å²) in [6.07, 6.45) is 5.71. The van der Waals surface area contributed by atoms with Crippen molar-refractivity contribution in [2.45, 2.75) is 6.42 Å². The number of para-hydroxylation sites is 1. The van der Waals surface area contributed by atoms with Crippen molar-refractivity contribution in [1.82, 2.24) is 15.0 Å². The van der Waals surface area contributed by atoms with Crippen LogP contribution in [-0.2, 0) is 11.2 Å². The van der Waals surface area contributed by atoms with E-state index in [-0.39, 0.29) is 5.91 Å². The van der Waals surface area contributed by atoms with Crippen LogP contribution in [-0.4, -0.2) is 20.9 Å². The highest BCUT2D eigenvalue weighted by Crippen LogP contribution is 2.28. The average molecular weight is 426 g/mol. The zero-order valence-corrected chi connectivity index (χ0v) is 17.3. The van der Waals surface area contributed by atoms with Crippen LogP contribution in [0.1, 0.15) is 5.56 Å². The summed E-state index contributed by atoms with van der Waals surface area (Å²) in [5.74, 6) is -0.0471. The number of hydrogen-bond acceptors (Lipinski definition) is 5. The van der Waals surface area contributed by atoms with Gasteiger partial charge in [0.1, 0.15) is 0 Å². The van der Waals surface area contributed by atoms with E-state index in [1.165, 1.54) is 11.3 Å². The maximum absolute atomic E-state index is 12.5. The lowest BCUT2D eigenvalue weighted by molar-refractivity contribution is -0.115. The van der Waals surface area contributed by atoms with Crippen LogP contribution in [0.5, 0.6) is 0 Å². The summed E-state index contributed by atoms with van der Waals surface area (Å²) in [6.45, 7) is 0. The number of benzene rings is 2. The standard InChI is InChI=1S/C24H19N5OS/c30-23(12-17-13-26-21-6-2-1-5-20(17)21)27-18-9-7-16(8-10-18)22-15-31-24(29-22)28-19-4-3-11-25-14-19/h1-11,13-15,26H,12H2,(H,27,30)(H,28,29). The SMILES string of the molecule is O=C(Cc1c[nH]c2ccccc12)Nc1ccc(-c2csc(Nc3cccnc3)n2)cc1. The van der Waals surface area contributed by atoms with Gasteiger partial charge in [-0.05, 0) is 35.9 Å². The van der Waals surface area contributed by atoms with Crippen LogP contribution in [0.25, 0.3) is 22.2 Å². The molecule has 0 saturated heterocycles. The second-order valence-electron chi connectivity index (χ2n) is 7.07. The molecular weight excluding hydrogens is 406 g/mol. The van der Waals surface area contributed by atoms with Crippen molar-refractivity contribution in [1.29, 1.82) is 0 Å². The molecule has 0 atom stereocenters. The van der Waals surface area contributed by atoms with E-state index in [1.807, 2.05) is 72.2 Å². The van der Waals surface area contributed by atoms with Crippen molar-refractivity contribution < 1.29 is 4.79 Å². The van der Waals surface area contributed by atoms with E-state index >= 15 is 0 Å². The van der Waals surface area contributed by atoms with Crippen LogP contribution in [0.4, 0.5) is 16.5 Å². The molecule has 0 radical (unpaired) electrons. The highest BCUT2D eigenvalue weighted by Gasteiger charge is 2.10. The van der Waals surface area contributed by atoms with Crippen LogP contribution < -0.4 is 10.6 Å². The predicted octanol–water partition coefficient (Wildman–Crippen LogP) is 5.61. The quantitative estimate of drug-likeness (QED) is 0.330. The normalized spacial score (nSPS) is 10.8. The Bertz CT molecular complexity index is 1330. The number of nitrogens with one attached hydrogen (secondary N) is 3. The number of anilines is 3. The summed E-state index contributed by atoms with van der Waals surface area (Å²) < 4.78 is 0. The Morgan fingerprint density at radius 2 is 1.87 bits per heavy atom. The third-order valence-electron chi connectivity index (χ3n) is 4.91. The maximum atomic E-state index is 12.5. The summed E-state index contributed by atoms with van der Waals surface area (Å²) in [5.41, 5.74) is 5.56. The molecule has 3 aromatic heterocycles. The minimum Gasteiger partial charge on any atom is -0.361 e. The molecule has 3 heterocycles. The molecule has 2 aromatic carbocycles. The van der Waals surface area contributed by atoms with E-state index < -0.39 is 0 Å². The Morgan fingerprint density at radius 1 is 1.00 bits per heavy atom. The summed E-state index contributed by atoms with van der Waals surface area (Å²) in [6, 6.07) is 19.5. The number of thiazole rings is 1. The number of carbonyl (C=O) groups is 1. The van der Waals surface area contributed by atoms with Gasteiger partial charge in [0, 0.05) is 39.9 Å². The van der Waals surface area contributed by atoms with Gasteiger partial charge in [0.05, 0.1) is 24.0 Å². The lowest BCUT2D eigenvalue weighted by atomic mass is 10.1. The molecule has 1 amide bonds. The molecule has 0 fully saturated rings. The molecule has 7 heteroatoms. The maximum Gasteiger partial charge on any atom is 0.228 e. The van der Waals surface area contributed by atoms with Gasteiger partial charge >= 0.3 is 0 Å². The van der Waals surface area contributed by atoms with Crippen molar-refractivity contribution in [2.24, 2.45) is 0 Å². The van der Waals surface area contributed by atoms with Gasteiger partial charge in [-0.1, -0.05) is 30.3 Å². The third kappa shape index (κ3) is 4.31. The fourth-order valence-electron chi connectivity index (χ4n) is 3.40. The Morgan fingerprint density at radius 3 is 2.71 bits per heavy atom. The molecule has 0 unspecified atom stereocenters. The summed E-state index contributed by atoms with van der Waals surface area (Å²) >= 11 is 1.53. The molecule has 6 nitrogen and oxygen atoms in total. The number of aromatic nitrogens is 3. The number of pyridine rings is 1. The van der Waals surface area contributed by atoms with Gasteiger partial charge in [0.2, 0.25) is 5.91 Å². The Labute approximate surface area is 183 Å². The van der Waals surface area contributed by atoms with E-state index in [0.29, 0.717) is 6.42 Å². The van der Waals surface area contributed by atoms with Crippen molar-refractivity contribution in [3.63, 3.8) is 0 Å². The minimum absolute atomic E-state index is 0.0471. The monoisotopic (exact) mass is 425 g/mol. The van der Waals surface area contributed by atoms with Gasteiger partial charge in [-0.15, -0.1) is 11.3 Å². The summed E-state index contributed by atoms with van der Waals surface area (Å²) in [5, 5.41) is 10.1. The van der Waals surface area contributed by atoms with Gasteiger partial charge in [-0.2, -0.15) is 0 Å². The zero-order valence-electron chi connectivity index (χ0n) is 16.5. The topological polar surface area (TPSA) is 82.7 Å². The second-order valence-corrected chi connectivity index (χ2v) is 7.92. The highest BCUT2D eigenvalue weighted by molar-refractivity contribution is 7.14. The Balaban J connectivity index is 1.23. The first-order valence-electron chi connectivity index (χ1n) is 9.82. The fraction of sp³-hybridized carbons (Fsp3) is 0.0417. The van der Waals surface area contributed by atoms with E-state index in [9.17, 15) is 4.79 Å². The number of rotatable bonds is 6. The smallest absolute Gasteiger partial charge is 0.228 e. The third-order valence-corrected chi connectivity index (χ3v) is 5.67. The average Bonchev–Trinajstić information content (AvgIpc) is 3.43. The van der Waals surface area contributed by atoms with Gasteiger partial charge < -0.3 is 15.6 Å². The van der Waals surface area contributed by atoms with Crippen molar-refractivity contribution in [3.05, 3.63) is 90.2 Å². The molecule has 5 rings (SSSR count). The summed E-state index contributed by atoms with van der Waals surface area (Å²) in [7, 11) is 0. The molecule has 31 heavy (non-hydrogen) atoms. The molecule has 152 valence electrons. The van der Waals surface area contributed by atoms with Gasteiger partial charge in [-0.3, -0.25) is 9.78 Å². The van der Waals surface area contributed by atoms with Crippen molar-refractivity contribution in [2.75, 3.05) is 10.6 Å². The van der Waals surface area contributed by atoms with Crippen LogP contribution in [0.15, 0.2) is 84.6 Å². The van der Waals surface area contributed by atoms with Crippen LogP contribution in [0, 0.1) is 0 Å². The lowest BCUT2D eigenvalue weighted by Crippen LogP contribution is -2.14. The number of fused-ring (bicyclic) bond motifs is 1. The summed E-state index contributed by atoms with van der Waals surface area (Å²) in [4.78, 5) is 24.4. The molecule has 0 aliphatic carbocycles. The Hall–Kier alpha value is -3.97. The van der Waals surface area contributed by atoms with E-state index in [0.717, 1.165) is 44.2 Å². The molecule has 0 saturated carbocycles.